The van der Waals surface area contributed by atoms with Crippen LogP contribution in [0.5, 0.6) is 0 Å². The maximum absolute atomic E-state index is 12.7. The molecule has 0 saturated heterocycles. The zero-order valence-electron chi connectivity index (χ0n) is 10.5. The molecule has 0 heterocycles. The van der Waals surface area contributed by atoms with Crippen molar-refractivity contribution in [1.82, 2.24) is 4.90 Å². The lowest BCUT2D eigenvalue weighted by molar-refractivity contribution is -0.152. The SMILES string of the molecule is NC1CC(N(CC(F)(F)F)C2CC2)c2ccccc21. The van der Waals surface area contributed by atoms with Gasteiger partial charge in [-0.15, -0.1) is 0 Å². The predicted molar refractivity (Wildman–Crippen MR) is 66.5 cm³/mol. The first-order chi connectivity index (χ1) is 8.96. The van der Waals surface area contributed by atoms with Crippen LogP contribution in [0.2, 0.25) is 0 Å². The highest BCUT2D eigenvalue weighted by Gasteiger charge is 2.44. The van der Waals surface area contributed by atoms with Crippen molar-refractivity contribution in [2.75, 3.05) is 6.54 Å². The summed E-state index contributed by atoms with van der Waals surface area (Å²) >= 11 is 0. The summed E-state index contributed by atoms with van der Waals surface area (Å²) in [5.74, 6) is 0. The minimum Gasteiger partial charge on any atom is -0.324 e. The molecule has 2 nitrogen and oxygen atoms in total. The van der Waals surface area contributed by atoms with E-state index in [1.54, 1.807) is 4.90 Å². The molecule has 2 aliphatic rings. The third kappa shape index (κ3) is 2.62. The Bertz CT molecular complexity index is 468. The molecule has 0 aromatic heterocycles. The average Bonchev–Trinajstić information content (AvgIpc) is 3.12. The van der Waals surface area contributed by atoms with Gasteiger partial charge in [0.15, 0.2) is 0 Å². The molecule has 2 atom stereocenters. The fraction of sp³-hybridized carbons (Fsp3) is 0.571. The second-order valence-corrected chi connectivity index (χ2v) is 5.51. The second-order valence-electron chi connectivity index (χ2n) is 5.51. The minimum absolute atomic E-state index is 0.0741. The Morgan fingerprint density at radius 3 is 2.37 bits per heavy atom. The van der Waals surface area contributed by atoms with Crippen molar-refractivity contribution in [1.29, 1.82) is 0 Å². The second kappa shape index (κ2) is 4.49. The maximum Gasteiger partial charge on any atom is 0.401 e. The predicted octanol–water partition coefficient (Wildman–Crippen LogP) is 3.16. The fourth-order valence-corrected chi connectivity index (χ4v) is 3.07. The molecule has 3 rings (SSSR count). The summed E-state index contributed by atoms with van der Waals surface area (Å²) in [7, 11) is 0. The Balaban J connectivity index is 1.88. The lowest BCUT2D eigenvalue weighted by Gasteiger charge is -2.30. The molecule has 1 aromatic rings. The zero-order chi connectivity index (χ0) is 13.6. The highest BCUT2D eigenvalue weighted by molar-refractivity contribution is 5.37. The Kier molecular flexibility index (Phi) is 3.06. The molecule has 0 amide bonds. The van der Waals surface area contributed by atoms with Crippen LogP contribution in [0.1, 0.15) is 42.5 Å². The number of halogens is 3. The number of hydrogen-bond acceptors (Lipinski definition) is 2. The first-order valence-corrected chi connectivity index (χ1v) is 6.62. The maximum atomic E-state index is 12.7. The third-order valence-electron chi connectivity index (χ3n) is 4.01. The van der Waals surface area contributed by atoms with E-state index in [4.69, 9.17) is 5.73 Å². The molecule has 104 valence electrons. The third-order valence-corrected chi connectivity index (χ3v) is 4.01. The van der Waals surface area contributed by atoms with Crippen LogP contribution in [0.4, 0.5) is 13.2 Å². The standard InChI is InChI=1S/C14H17F3N2/c15-14(16,17)8-19(9-5-6-9)13-7-12(18)10-3-1-2-4-11(10)13/h1-4,9,12-13H,5-8,18H2. The van der Waals surface area contributed by atoms with E-state index in [2.05, 4.69) is 0 Å². The van der Waals surface area contributed by atoms with Crippen molar-refractivity contribution < 1.29 is 13.2 Å². The van der Waals surface area contributed by atoms with Gasteiger partial charge in [0.05, 0.1) is 6.54 Å². The lowest BCUT2D eigenvalue weighted by Crippen LogP contribution is -2.38. The Hall–Kier alpha value is -1.07. The van der Waals surface area contributed by atoms with Gasteiger partial charge in [-0.2, -0.15) is 13.2 Å². The molecule has 1 saturated carbocycles. The van der Waals surface area contributed by atoms with E-state index >= 15 is 0 Å². The van der Waals surface area contributed by atoms with Gasteiger partial charge in [0.1, 0.15) is 0 Å². The lowest BCUT2D eigenvalue weighted by atomic mass is 10.1. The first-order valence-electron chi connectivity index (χ1n) is 6.62. The van der Waals surface area contributed by atoms with Gasteiger partial charge >= 0.3 is 6.18 Å². The molecule has 0 bridgehead atoms. The Morgan fingerprint density at radius 1 is 1.16 bits per heavy atom. The molecule has 0 radical (unpaired) electrons. The topological polar surface area (TPSA) is 29.3 Å². The summed E-state index contributed by atoms with van der Waals surface area (Å²) in [5.41, 5.74) is 8.03. The Labute approximate surface area is 110 Å². The monoisotopic (exact) mass is 270 g/mol. The summed E-state index contributed by atoms with van der Waals surface area (Å²) in [4.78, 5) is 1.60. The van der Waals surface area contributed by atoms with Gasteiger partial charge < -0.3 is 5.73 Å². The van der Waals surface area contributed by atoms with E-state index in [1.807, 2.05) is 24.3 Å². The molecule has 2 aliphatic carbocycles. The van der Waals surface area contributed by atoms with Gasteiger partial charge in [0, 0.05) is 18.1 Å². The molecule has 0 aliphatic heterocycles. The molecule has 2 N–H and O–H groups in total. The summed E-state index contributed by atoms with van der Waals surface area (Å²) in [6, 6.07) is 7.37. The van der Waals surface area contributed by atoms with Crippen molar-refractivity contribution in [3.63, 3.8) is 0 Å². The Morgan fingerprint density at radius 2 is 1.79 bits per heavy atom. The molecule has 2 unspecified atom stereocenters. The van der Waals surface area contributed by atoms with Gasteiger partial charge in [-0.3, -0.25) is 4.90 Å². The molecular weight excluding hydrogens is 253 g/mol. The molecule has 1 aromatic carbocycles. The largest absolute Gasteiger partial charge is 0.401 e. The quantitative estimate of drug-likeness (QED) is 0.914. The molecule has 1 fully saturated rings. The highest BCUT2D eigenvalue weighted by Crippen LogP contribution is 2.46. The van der Waals surface area contributed by atoms with Crippen molar-refractivity contribution in [3.8, 4) is 0 Å². The van der Waals surface area contributed by atoms with Gasteiger partial charge in [0.2, 0.25) is 0 Å². The van der Waals surface area contributed by atoms with Crippen LogP contribution < -0.4 is 5.73 Å². The average molecular weight is 270 g/mol. The first kappa shape index (κ1) is 12.9. The number of alkyl halides is 3. The fourth-order valence-electron chi connectivity index (χ4n) is 3.07. The van der Waals surface area contributed by atoms with Gasteiger partial charge in [-0.1, -0.05) is 24.3 Å². The van der Waals surface area contributed by atoms with Crippen LogP contribution in [0, 0.1) is 0 Å². The van der Waals surface area contributed by atoms with Crippen LogP contribution in [0.3, 0.4) is 0 Å². The van der Waals surface area contributed by atoms with Gasteiger partial charge in [-0.25, -0.2) is 0 Å². The number of hydrogen-bond donors (Lipinski definition) is 1. The van der Waals surface area contributed by atoms with E-state index in [1.165, 1.54) is 0 Å². The van der Waals surface area contributed by atoms with Crippen molar-refractivity contribution >= 4 is 0 Å². The van der Waals surface area contributed by atoms with Crippen LogP contribution >= 0.6 is 0 Å². The summed E-state index contributed by atoms with van der Waals surface area (Å²) in [5, 5.41) is 0. The van der Waals surface area contributed by atoms with Crippen LogP contribution in [0.15, 0.2) is 24.3 Å². The summed E-state index contributed by atoms with van der Waals surface area (Å²) < 4.78 is 38.2. The number of fused-ring (bicyclic) bond motifs is 1. The highest BCUT2D eigenvalue weighted by atomic mass is 19.4. The van der Waals surface area contributed by atoms with E-state index in [0.29, 0.717) is 6.42 Å². The van der Waals surface area contributed by atoms with E-state index in [-0.39, 0.29) is 18.1 Å². The summed E-state index contributed by atoms with van der Waals surface area (Å²) in [6.45, 7) is -0.830. The zero-order valence-corrected chi connectivity index (χ0v) is 10.5. The number of nitrogens with two attached hydrogens (primary N) is 1. The number of nitrogens with zero attached hydrogens (tertiary/aromatic N) is 1. The van der Waals surface area contributed by atoms with Crippen LogP contribution in [0.25, 0.3) is 0 Å². The van der Waals surface area contributed by atoms with E-state index < -0.39 is 12.7 Å². The van der Waals surface area contributed by atoms with E-state index in [0.717, 1.165) is 24.0 Å². The van der Waals surface area contributed by atoms with Crippen molar-refractivity contribution in [2.45, 2.75) is 43.6 Å². The number of benzene rings is 1. The van der Waals surface area contributed by atoms with Gasteiger partial charge in [0.25, 0.3) is 0 Å². The molecule has 5 heteroatoms. The molecule has 0 spiro atoms. The van der Waals surface area contributed by atoms with Crippen molar-refractivity contribution in [3.05, 3.63) is 35.4 Å². The minimum atomic E-state index is -4.15. The van der Waals surface area contributed by atoms with E-state index in [9.17, 15) is 13.2 Å². The molecular formula is C14H17F3N2. The molecule has 19 heavy (non-hydrogen) atoms. The van der Waals surface area contributed by atoms with Crippen LogP contribution in [-0.4, -0.2) is 23.7 Å². The van der Waals surface area contributed by atoms with Gasteiger partial charge in [-0.05, 0) is 30.4 Å². The van der Waals surface area contributed by atoms with Crippen molar-refractivity contribution in [2.24, 2.45) is 5.73 Å². The van der Waals surface area contributed by atoms with Crippen LogP contribution in [-0.2, 0) is 0 Å². The normalized spacial score (nSPS) is 26.8. The summed E-state index contributed by atoms with van der Waals surface area (Å²) in [6.07, 6.45) is -1.83. The number of rotatable bonds is 3. The smallest absolute Gasteiger partial charge is 0.324 e.